The Kier molecular flexibility index (Phi) is 7.93. The second kappa shape index (κ2) is 10.2. The second-order valence-corrected chi connectivity index (χ2v) is 14.1. The van der Waals surface area contributed by atoms with E-state index in [1.807, 2.05) is 0 Å². The third kappa shape index (κ3) is 4.76. The van der Waals surface area contributed by atoms with E-state index >= 15 is 0 Å². The van der Waals surface area contributed by atoms with Gasteiger partial charge in [-0.2, -0.15) is 0 Å². The molecule has 0 aliphatic heterocycles. The Balaban J connectivity index is 1.59. The molecule has 0 aromatic rings. The molecule has 4 rings (SSSR count). The Bertz CT molecular complexity index is 824. The fourth-order valence-electron chi connectivity index (χ4n) is 9.92. The highest BCUT2D eigenvalue weighted by molar-refractivity contribution is 5.66. The summed E-state index contributed by atoms with van der Waals surface area (Å²) in [6, 6.07) is 0. The first-order valence-electron chi connectivity index (χ1n) is 14.9. The molecule has 0 unspecified atom stereocenters. The molecule has 0 aromatic heterocycles. The van der Waals surface area contributed by atoms with Gasteiger partial charge in [-0.1, -0.05) is 53.9 Å². The van der Waals surface area contributed by atoms with Crippen molar-refractivity contribution in [2.75, 3.05) is 0 Å². The van der Waals surface area contributed by atoms with E-state index in [1.54, 1.807) is 0 Å². The summed E-state index contributed by atoms with van der Waals surface area (Å²) < 4.78 is 11.5. The predicted octanol–water partition coefficient (Wildman–Crippen LogP) is 6.70. The summed E-state index contributed by atoms with van der Waals surface area (Å²) in [4.78, 5) is 23.9. The zero-order chi connectivity index (χ0) is 26.5. The van der Waals surface area contributed by atoms with Crippen molar-refractivity contribution in [1.29, 1.82) is 0 Å². The van der Waals surface area contributed by atoms with Crippen molar-refractivity contribution in [1.82, 2.24) is 0 Å². The van der Waals surface area contributed by atoms with Crippen LogP contribution in [0.1, 0.15) is 119 Å². The van der Waals surface area contributed by atoms with E-state index in [0.29, 0.717) is 29.6 Å². The molecular weight excluding hydrogens is 452 g/mol. The summed E-state index contributed by atoms with van der Waals surface area (Å²) in [5.41, 5.74) is -1.16. The van der Waals surface area contributed by atoms with Crippen LogP contribution in [0.25, 0.3) is 0 Å². The van der Waals surface area contributed by atoms with E-state index in [4.69, 9.17) is 9.47 Å². The van der Waals surface area contributed by atoms with Crippen LogP contribution < -0.4 is 0 Å². The van der Waals surface area contributed by atoms with Crippen LogP contribution in [0.4, 0.5) is 0 Å². The SMILES string of the molecule is CC(=O)O[C@H]1CC[C@]2(C)[C@@H]3CC[C@@]4(C)[C@H](CC[C@@H]4[C@@H](C)CCCC(C)C)[C@H]3C[C@@H](OC(C)=O)[C@@]2(O)C1. The van der Waals surface area contributed by atoms with Gasteiger partial charge >= 0.3 is 11.9 Å². The highest BCUT2D eigenvalue weighted by atomic mass is 16.6. The van der Waals surface area contributed by atoms with E-state index < -0.39 is 11.7 Å². The summed E-state index contributed by atoms with van der Waals surface area (Å²) in [6.45, 7) is 14.8. The van der Waals surface area contributed by atoms with E-state index in [9.17, 15) is 14.7 Å². The summed E-state index contributed by atoms with van der Waals surface area (Å²) in [5.74, 6) is 3.15. The van der Waals surface area contributed by atoms with Gasteiger partial charge in [-0.3, -0.25) is 9.59 Å². The van der Waals surface area contributed by atoms with Crippen LogP contribution >= 0.6 is 0 Å². The Hall–Kier alpha value is -1.10. The Morgan fingerprint density at radius 3 is 2.25 bits per heavy atom. The topological polar surface area (TPSA) is 72.8 Å². The van der Waals surface area contributed by atoms with Crippen LogP contribution in [0.15, 0.2) is 0 Å². The fourth-order valence-corrected chi connectivity index (χ4v) is 9.92. The van der Waals surface area contributed by atoms with E-state index in [0.717, 1.165) is 43.4 Å². The number of ether oxygens (including phenoxy) is 2. The van der Waals surface area contributed by atoms with Gasteiger partial charge in [0.25, 0.3) is 0 Å². The van der Waals surface area contributed by atoms with Gasteiger partial charge in [0, 0.05) is 25.7 Å². The highest BCUT2D eigenvalue weighted by Crippen LogP contribution is 2.69. The maximum absolute atomic E-state index is 12.3. The van der Waals surface area contributed by atoms with Gasteiger partial charge in [0.2, 0.25) is 0 Å². The fraction of sp³-hybridized carbons (Fsp3) is 0.935. The van der Waals surface area contributed by atoms with Crippen molar-refractivity contribution in [2.45, 2.75) is 137 Å². The molecule has 1 N–H and O–H groups in total. The monoisotopic (exact) mass is 504 g/mol. The average Bonchev–Trinajstić information content (AvgIpc) is 3.12. The summed E-state index contributed by atoms with van der Waals surface area (Å²) in [7, 11) is 0. The summed E-state index contributed by atoms with van der Waals surface area (Å²) >= 11 is 0. The van der Waals surface area contributed by atoms with Gasteiger partial charge in [-0.25, -0.2) is 0 Å². The third-order valence-corrected chi connectivity index (χ3v) is 11.6. The van der Waals surface area contributed by atoms with E-state index in [-0.39, 0.29) is 23.5 Å². The first-order valence-corrected chi connectivity index (χ1v) is 14.9. The van der Waals surface area contributed by atoms with Crippen LogP contribution in [0, 0.1) is 46.3 Å². The molecule has 0 aromatic carbocycles. The molecule has 10 atom stereocenters. The number of aliphatic hydroxyl groups is 1. The van der Waals surface area contributed by atoms with Crippen LogP contribution in [-0.4, -0.2) is 34.9 Å². The number of fused-ring (bicyclic) bond motifs is 5. The van der Waals surface area contributed by atoms with Crippen molar-refractivity contribution in [3.63, 3.8) is 0 Å². The molecule has 0 radical (unpaired) electrons. The quantitative estimate of drug-likeness (QED) is 0.391. The minimum atomic E-state index is -1.16. The van der Waals surface area contributed by atoms with Crippen LogP contribution in [0.2, 0.25) is 0 Å². The second-order valence-electron chi connectivity index (χ2n) is 14.1. The van der Waals surface area contributed by atoms with Gasteiger partial charge in [0.15, 0.2) is 0 Å². The lowest BCUT2D eigenvalue weighted by Gasteiger charge is -2.65. The molecule has 0 spiro atoms. The van der Waals surface area contributed by atoms with Gasteiger partial charge in [-0.15, -0.1) is 0 Å². The zero-order valence-electron chi connectivity index (χ0n) is 24.0. The molecule has 0 amide bonds. The lowest BCUT2D eigenvalue weighted by Crippen LogP contribution is -2.69. The Morgan fingerprint density at radius 2 is 1.61 bits per heavy atom. The standard InChI is InChI=1S/C31H52O5/c1-19(2)9-8-10-20(3)25-11-12-26-24-17-28(36-22(5)33)31(34)18-23(35-21(4)32)13-16-30(31,7)27(24)14-15-29(25,26)6/h19-20,23-28,34H,8-18H2,1-7H3/t20-,23-,24+,25+,26+,27+,28+,29+,30+,31-/m0/s1. The molecule has 4 fully saturated rings. The number of esters is 2. The molecule has 5 nitrogen and oxygen atoms in total. The van der Waals surface area contributed by atoms with Crippen LogP contribution in [0.3, 0.4) is 0 Å². The number of carbonyl (C=O) groups is 2. The van der Waals surface area contributed by atoms with Gasteiger partial charge < -0.3 is 14.6 Å². The normalized spacial score (nSPS) is 44.8. The maximum atomic E-state index is 12.3. The van der Waals surface area contributed by atoms with Crippen molar-refractivity contribution in [3.8, 4) is 0 Å². The van der Waals surface area contributed by atoms with Gasteiger partial charge in [0.05, 0.1) is 0 Å². The minimum absolute atomic E-state index is 0.308. The van der Waals surface area contributed by atoms with E-state index in [1.165, 1.54) is 52.4 Å². The number of rotatable bonds is 7. The molecule has 36 heavy (non-hydrogen) atoms. The zero-order valence-corrected chi connectivity index (χ0v) is 24.0. The average molecular weight is 505 g/mol. The Morgan fingerprint density at radius 1 is 0.917 bits per heavy atom. The van der Waals surface area contributed by atoms with Crippen LogP contribution in [-0.2, 0) is 19.1 Å². The minimum Gasteiger partial charge on any atom is -0.462 e. The molecular formula is C31H52O5. The van der Waals surface area contributed by atoms with Crippen LogP contribution in [0.5, 0.6) is 0 Å². The van der Waals surface area contributed by atoms with Gasteiger partial charge in [0.1, 0.15) is 17.8 Å². The predicted molar refractivity (Wildman–Crippen MR) is 141 cm³/mol. The van der Waals surface area contributed by atoms with Crippen molar-refractivity contribution < 1.29 is 24.2 Å². The molecule has 0 bridgehead atoms. The van der Waals surface area contributed by atoms with Crippen molar-refractivity contribution >= 4 is 11.9 Å². The number of carbonyl (C=O) groups excluding carboxylic acids is 2. The van der Waals surface area contributed by atoms with Crippen molar-refractivity contribution in [3.05, 3.63) is 0 Å². The maximum Gasteiger partial charge on any atom is 0.303 e. The first-order chi connectivity index (χ1) is 16.8. The lowest BCUT2D eigenvalue weighted by atomic mass is 9.42. The molecule has 0 heterocycles. The molecule has 0 saturated heterocycles. The summed E-state index contributed by atoms with van der Waals surface area (Å²) in [6.07, 6.45) is 10.7. The van der Waals surface area contributed by atoms with E-state index in [2.05, 4.69) is 34.6 Å². The number of hydrogen-bond acceptors (Lipinski definition) is 5. The largest absolute Gasteiger partial charge is 0.462 e. The third-order valence-electron chi connectivity index (χ3n) is 11.6. The first kappa shape index (κ1) is 27.9. The van der Waals surface area contributed by atoms with Crippen molar-refractivity contribution in [2.24, 2.45) is 46.3 Å². The van der Waals surface area contributed by atoms with Gasteiger partial charge in [-0.05, 0) is 85.9 Å². The summed E-state index contributed by atoms with van der Waals surface area (Å²) in [5, 5.41) is 12.3. The molecule has 4 saturated carbocycles. The Labute approximate surface area is 219 Å². The molecule has 206 valence electrons. The lowest BCUT2D eigenvalue weighted by molar-refractivity contribution is -0.271. The smallest absolute Gasteiger partial charge is 0.303 e. The highest BCUT2D eigenvalue weighted by Gasteiger charge is 2.68. The number of hydrogen-bond donors (Lipinski definition) is 1. The molecule has 4 aliphatic rings. The molecule has 5 heteroatoms. The molecule has 4 aliphatic carbocycles.